The quantitative estimate of drug-likeness (QED) is 0.180. The highest BCUT2D eigenvalue weighted by Crippen LogP contribution is 2.40. The van der Waals surface area contributed by atoms with Gasteiger partial charge in [-0.1, -0.05) is 78.9 Å². The van der Waals surface area contributed by atoms with E-state index in [9.17, 15) is 10.5 Å². The topological polar surface area (TPSA) is 74.7 Å². The second-order valence-electron chi connectivity index (χ2n) is 12.1. The highest BCUT2D eigenvalue weighted by atomic mass is 15.0. The zero-order chi connectivity index (χ0) is 33.8. The molecule has 0 atom stereocenters. The minimum atomic E-state index is 0.479. The van der Waals surface area contributed by atoms with Crippen LogP contribution in [0.4, 0.5) is 5.69 Å². The molecule has 0 aliphatic rings. The van der Waals surface area contributed by atoms with Gasteiger partial charge in [0.1, 0.15) is 11.7 Å². The Labute approximate surface area is 287 Å². The van der Waals surface area contributed by atoms with Gasteiger partial charge in [0.15, 0.2) is 0 Å². The van der Waals surface area contributed by atoms with Crippen LogP contribution in [0.1, 0.15) is 11.1 Å². The molecule has 9 rings (SSSR count). The molecule has 0 bridgehead atoms. The van der Waals surface area contributed by atoms with Gasteiger partial charge in [-0.2, -0.15) is 10.5 Å². The predicted octanol–water partition coefficient (Wildman–Crippen LogP) is 10.9. The maximum atomic E-state index is 10.5. The van der Waals surface area contributed by atoms with Crippen molar-refractivity contribution in [3.05, 3.63) is 168 Å². The minimum Gasteiger partial charge on any atom is -0.318 e. The van der Waals surface area contributed by atoms with Crippen LogP contribution < -0.4 is 0 Å². The number of nitrogens with zero attached hydrogens (tertiary/aromatic N) is 6. The van der Waals surface area contributed by atoms with Crippen molar-refractivity contribution in [3.8, 4) is 45.8 Å². The number of nitriles is 2. The molecule has 0 amide bonds. The summed E-state index contributed by atoms with van der Waals surface area (Å²) >= 11 is 0. The lowest BCUT2D eigenvalue weighted by Crippen LogP contribution is -1.99. The average Bonchev–Trinajstić information content (AvgIpc) is 3.70. The van der Waals surface area contributed by atoms with Crippen molar-refractivity contribution in [3.63, 3.8) is 0 Å². The van der Waals surface area contributed by atoms with Crippen LogP contribution in [0.15, 0.2) is 146 Å². The summed E-state index contributed by atoms with van der Waals surface area (Å²) in [4.78, 5) is 8.62. The first-order chi connectivity index (χ1) is 24.7. The Morgan fingerprint density at radius 2 is 1.32 bits per heavy atom. The number of hydrogen-bond donors (Lipinski definition) is 0. The number of fused-ring (bicyclic) bond motifs is 6. The first-order valence-corrected chi connectivity index (χ1v) is 16.1. The number of hydrogen-bond acceptors (Lipinski definition) is 3. The van der Waals surface area contributed by atoms with Crippen molar-refractivity contribution in [2.24, 2.45) is 0 Å². The summed E-state index contributed by atoms with van der Waals surface area (Å²) in [6.07, 6.45) is 1.84. The van der Waals surface area contributed by atoms with E-state index in [2.05, 4.69) is 94.3 Å². The number of benzene rings is 6. The van der Waals surface area contributed by atoms with Gasteiger partial charge in [0.05, 0.1) is 51.7 Å². The van der Waals surface area contributed by atoms with Crippen LogP contribution in [0.5, 0.6) is 0 Å². The molecule has 3 aromatic heterocycles. The molecular weight excluding hydrogens is 613 g/mol. The third-order valence-corrected chi connectivity index (χ3v) is 9.46. The van der Waals surface area contributed by atoms with Crippen molar-refractivity contribution >= 4 is 49.4 Å². The summed E-state index contributed by atoms with van der Waals surface area (Å²) in [6.45, 7) is 7.90. The molecule has 0 aliphatic heterocycles. The van der Waals surface area contributed by atoms with Crippen molar-refractivity contribution in [2.75, 3.05) is 0 Å². The molecule has 0 radical (unpaired) electrons. The lowest BCUT2D eigenvalue weighted by molar-refractivity contribution is 1.14. The van der Waals surface area contributed by atoms with Crippen LogP contribution in [0.3, 0.4) is 0 Å². The van der Waals surface area contributed by atoms with Crippen molar-refractivity contribution < 1.29 is 0 Å². The smallest absolute Gasteiger partial charge is 0.211 e. The molecule has 0 N–H and O–H groups in total. The largest absolute Gasteiger partial charge is 0.318 e. The highest BCUT2D eigenvalue weighted by molar-refractivity contribution is 6.14. The van der Waals surface area contributed by atoms with Crippen LogP contribution >= 0.6 is 0 Å². The summed E-state index contributed by atoms with van der Waals surface area (Å²) in [5, 5.41) is 24.1. The van der Waals surface area contributed by atoms with E-state index in [4.69, 9.17) is 11.6 Å². The first-order valence-electron chi connectivity index (χ1n) is 16.1. The molecule has 0 saturated carbocycles. The van der Waals surface area contributed by atoms with E-state index in [0.29, 0.717) is 22.5 Å². The molecule has 230 valence electrons. The fourth-order valence-corrected chi connectivity index (χ4v) is 7.28. The molecule has 50 heavy (non-hydrogen) atoms. The van der Waals surface area contributed by atoms with E-state index < -0.39 is 0 Å². The Kier molecular flexibility index (Phi) is 6.53. The summed E-state index contributed by atoms with van der Waals surface area (Å²) in [5.74, 6) is 0. The summed E-state index contributed by atoms with van der Waals surface area (Å²) in [5.41, 5.74) is 10.7. The monoisotopic (exact) mass is 636 g/mol. The number of rotatable bonds is 4. The Morgan fingerprint density at radius 1 is 0.560 bits per heavy atom. The zero-order valence-corrected chi connectivity index (χ0v) is 26.5. The van der Waals surface area contributed by atoms with Gasteiger partial charge < -0.3 is 4.57 Å². The van der Waals surface area contributed by atoms with E-state index in [1.54, 1.807) is 12.1 Å². The van der Waals surface area contributed by atoms with E-state index in [-0.39, 0.29) is 0 Å². The highest BCUT2D eigenvalue weighted by Gasteiger charge is 2.20. The second-order valence-corrected chi connectivity index (χ2v) is 12.1. The predicted molar refractivity (Wildman–Crippen MR) is 199 cm³/mol. The maximum Gasteiger partial charge on any atom is 0.211 e. The Bertz CT molecular complexity index is 2920. The lowest BCUT2D eigenvalue weighted by Gasteiger charge is -2.15. The number of aromatic nitrogens is 3. The summed E-state index contributed by atoms with van der Waals surface area (Å²) in [6, 6.07) is 50.9. The fourth-order valence-electron chi connectivity index (χ4n) is 7.28. The van der Waals surface area contributed by atoms with Gasteiger partial charge in [0, 0.05) is 27.9 Å². The minimum absolute atomic E-state index is 0.479. The van der Waals surface area contributed by atoms with E-state index in [0.717, 1.165) is 71.7 Å². The Balaban J connectivity index is 1.20. The lowest BCUT2D eigenvalue weighted by atomic mass is 9.96. The van der Waals surface area contributed by atoms with Crippen LogP contribution in [0.25, 0.3) is 82.2 Å². The third kappa shape index (κ3) is 4.29. The molecule has 6 heteroatoms. The van der Waals surface area contributed by atoms with Gasteiger partial charge in [-0.3, -0.25) is 4.57 Å². The molecule has 0 aliphatic carbocycles. The molecule has 0 spiro atoms. The van der Waals surface area contributed by atoms with Gasteiger partial charge in [-0.05, 0) is 82.7 Å². The molecule has 0 unspecified atom stereocenters. The first kappa shape index (κ1) is 28.7. The number of pyridine rings is 1. The van der Waals surface area contributed by atoms with E-state index in [1.807, 2.05) is 65.4 Å². The van der Waals surface area contributed by atoms with Crippen LogP contribution in [0.2, 0.25) is 0 Å². The van der Waals surface area contributed by atoms with Gasteiger partial charge in [0.2, 0.25) is 5.69 Å². The zero-order valence-electron chi connectivity index (χ0n) is 26.5. The molecular formula is C44H24N6. The molecule has 6 nitrogen and oxygen atoms in total. The third-order valence-electron chi connectivity index (χ3n) is 9.46. The van der Waals surface area contributed by atoms with Gasteiger partial charge >= 0.3 is 0 Å². The Morgan fingerprint density at radius 3 is 2.20 bits per heavy atom. The molecule has 0 saturated heterocycles. The van der Waals surface area contributed by atoms with Crippen molar-refractivity contribution in [1.29, 1.82) is 10.5 Å². The maximum absolute atomic E-state index is 10.5. The average molecular weight is 637 g/mol. The fraction of sp³-hybridized carbons (Fsp3) is 0. The normalized spacial score (nSPS) is 11.1. The molecule has 6 aromatic carbocycles. The second kappa shape index (κ2) is 11.4. The van der Waals surface area contributed by atoms with Crippen LogP contribution in [-0.2, 0) is 0 Å². The number of para-hydroxylation sites is 3. The van der Waals surface area contributed by atoms with Crippen LogP contribution in [-0.4, -0.2) is 14.1 Å². The summed E-state index contributed by atoms with van der Waals surface area (Å²) < 4.78 is 4.21. The van der Waals surface area contributed by atoms with E-state index >= 15 is 0 Å². The summed E-state index contributed by atoms with van der Waals surface area (Å²) in [7, 11) is 0. The van der Waals surface area contributed by atoms with Crippen LogP contribution in [0, 0.1) is 29.2 Å². The van der Waals surface area contributed by atoms with E-state index in [1.165, 1.54) is 0 Å². The molecule has 3 heterocycles. The van der Waals surface area contributed by atoms with Gasteiger partial charge in [-0.15, -0.1) is 0 Å². The Hall–Kier alpha value is -7.46. The van der Waals surface area contributed by atoms with Gasteiger partial charge in [-0.25, -0.2) is 9.83 Å². The SMILES string of the molecule is [C-]#[N+]c1cccc2c3cc(C#N)ccc3n(-c3ccc(-c4cccc(-c5ccccc5-n5c6ccccc6c6cccnc65)c4)cc3C#N)c12. The van der Waals surface area contributed by atoms with Crippen molar-refractivity contribution in [2.45, 2.75) is 0 Å². The van der Waals surface area contributed by atoms with Gasteiger partial charge in [0.25, 0.3) is 0 Å². The standard InChI is InChI=1S/C44H24N6/c1-47-38-15-7-13-35-37-23-28(26-45)18-20-42(37)49(43(35)38)39-21-19-30(25-32(39)27-46)29-9-6-10-31(24-29)33-11-2-4-16-40(33)50-41-17-5-3-12-34(41)36-14-8-22-48-44(36)50/h2-25H. The van der Waals surface area contributed by atoms with Crippen molar-refractivity contribution in [1.82, 2.24) is 14.1 Å². The molecule has 0 fully saturated rings. The molecule has 9 aromatic rings.